The molecule has 0 unspecified atom stereocenters. The molecule has 19 heavy (non-hydrogen) atoms. The van der Waals surface area contributed by atoms with Crippen LogP contribution in [0.1, 0.15) is 23.3 Å². The Labute approximate surface area is 111 Å². The normalized spacial score (nSPS) is 16.1. The number of esters is 1. The molecule has 1 aliphatic rings. The SMILES string of the molecule is COC(=O)c1ccc(N)c(OCC2CCOCC2)n1. The molecule has 0 spiro atoms. The van der Waals surface area contributed by atoms with Crippen molar-refractivity contribution in [3.8, 4) is 5.88 Å². The van der Waals surface area contributed by atoms with Gasteiger partial charge in [0, 0.05) is 13.2 Å². The Morgan fingerprint density at radius 3 is 2.89 bits per heavy atom. The first-order valence-corrected chi connectivity index (χ1v) is 6.26. The molecule has 0 aromatic carbocycles. The molecule has 6 nitrogen and oxygen atoms in total. The van der Waals surface area contributed by atoms with E-state index in [-0.39, 0.29) is 11.6 Å². The van der Waals surface area contributed by atoms with Gasteiger partial charge in [0.25, 0.3) is 0 Å². The zero-order valence-corrected chi connectivity index (χ0v) is 10.9. The van der Waals surface area contributed by atoms with Gasteiger partial charge in [-0.1, -0.05) is 0 Å². The zero-order valence-electron chi connectivity index (χ0n) is 10.9. The fraction of sp³-hybridized carbons (Fsp3) is 0.538. The molecule has 1 saturated heterocycles. The van der Waals surface area contributed by atoms with Crippen molar-refractivity contribution in [3.05, 3.63) is 17.8 Å². The summed E-state index contributed by atoms with van der Waals surface area (Å²) in [6.45, 7) is 2.06. The monoisotopic (exact) mass is 266 g/mol. The number of carbonyl (C=O) groups excluding carboxylic acids is 1. The van der Waals surface area contributed by atoms with Gasteiger partial charge in [-0.2, -0.15) is 0 Å². The number of hydrogen-bond acceptors (Lipinski definition) is 6. The molecule has 0 atom stereocenters. The smallest absolute Gasteiger partial charge is 0.356 e. The number of carbonyl (C=O) groups is 1. The Bertz CT molecular complexity index is 444. The third-order valence-electron chi connectivity index (χ3n) is 3.08. The minimum atomic E-state index is -0.504. The number of nitrogens with two attached hydrogens (primary N) is 1. The Kier molecular flexibility index (Phi) is 4.57. The van der Waals surface area contributed by atoms with E-state index in [0.717, 1.165) is 26.1 Å². The summed E-state index contributed by atoms with van der Waals surface area (Å²) in [6.07, 6.45) is 1.94. The van der Waals surface area contributed by atoms with Crippen molar-refractivity contribution in [2.45, 2.75) is 12.8 Å². The number of nitrogen functional groups attached to an aromatic ring is 1. The average Bonchev–Trinajstić information content (AvgIpc) is 2.46. The predicted molar refractivity (Wildman–Crippen MR) is 69.0 cm³/mol. The van der Waals surface area contributed by atoms with Gasteiger partial charge in [0.1, 0.15) is 0 Å². The van der Waals surface area contributed by atoms with Gasteiger partial charge in [0.05, 0.1) is 19.4 Å². The molecule has 2 N–H and O–H groups in total. The van der Waals surface area contributed by atoms with Crippen LogP contribution in [0, 0.1) is 5.92 Å². The van der Waals surface area contributed by atoms with Crippen molar-refractivity contribution < 1.29 is 19.0 Å². The molecule has 1 aromatic rings. The number of hydrogen-bond donors (Lipinski definition) is 1. The number of nitrogens with zero attached hydrogens (tertiary/aromatic N) is 1. The van der Waals surface area contributed by atoms with Crippen molar-refractivity contribution in [1.82, 2.24) is 4.98 Å². The lowest BCUT2D eigenvalue weighted by Gasteiger charge is -2.22. The first-order valence-electron chi connectivity index (χ1n) is 6.26. The molecule has 0 bridgehead atoms. The largest absolute Gasteiger partial charge is 0.476 e. The lowest BCUT2D eigenvalue weighted by Crippen LogP contribution is -2.22. The summed E-state index contributed by atoms with van der Waals surface area (Å²) in [5, 5.41) is 0. The molecule has 1 aromatic heterocycles. The zero-order chi connectivity index (χ0) is 13.7. The van der Waals surface area contributed by atoms with E-state index < -0.39 is 5.97 Å². The minimum absolute atomic E-state index is 0.193. The number of pyridine rings is 1. The topological polar surface area (TPSA) is 83.7 Å². The summed E-state index contributed by atoms with van der Waals surface area (Å²) in [5.74, 6) is 0.224. The van der Waals surface area contributed by atoms with Gasteiger partial charge in [-0.05, 0) is 30.9 Å². The third-order valence-corrected chi connectivity index (χ3v) is 3.08. The van der Waals surface area contributed by atoms with Crippen LogP contribution in [-0.2, 0) is 9.47 Å². The second kappa shape index (κ2) is 6.38. The third kappa shape index (κ3) is 3.57. The predicted octanol–water partition coefficient (Wildman–Crippen LogP) is 1.26. The Balaban J connectivity index is 2.00. The maximum Gasteiger partial charge on any atom is 0.356 e. The fourth-order valence-electron chi connectivity index (χ4n) is 1.89. The Morgan fingerprint density at radius 1 is 1.47 bits per heavy atom. The molecule has 1 fully saturated rings. The Hall–Kier alpha value is -1.82. The maximum atomic E-state index is 11.4. The van der Waals surface area contributed by atoms with E-state index in [1.807, 2.05) is 0 Å². The molecular formula is C13H18N2O4. The lowest BCUT2D eigenvalue weighted by atomic mass is 10.0. The van der Waals surface area contributed by atoms with E-state index >= 15 is 0 Å². The van der Waals surface area contributed by atoms with Crippen molar-refractivity contribution in [1.29, 1.82) is 0 Å². The van der Waals surface area contributed by atoms with Crippen molar-refractivity contribution in [2.24, 2.45) is 5.92 Å². The summed E-state index contributed by atoms with van der Waals surface area (Å²) in [7, 11) is 1.31. The average molecular weight is 266 g/mol. The van der Waals surface area contributed by atoms with Crippen LogP contribution in [0.25, 0.3) is 0 Å². The van der Waals surface area contributed by atoms with Crippen molar-refractivity contribution in [2.75, 3.05) is 32.7 Å². The number of rotatable bonds is 4. The van der Waals surface area contributed by atoms with E-state index in [1.54, 1.807) is 6.07 Å². The Morgan fingerprint density at radius 2 is 2.21 bits per heavy atom. The molecule has 0 aliphatic carbocycles. The first-order chi connectivity index (χ1) is 9.20. The summed E-state index contributed by atoms with van der Waals surface area (Å²) in [4.78, 5) is 15.5. The number of anilines is 1. The van der Waals surface area contributed by atoms with Crippen LogP contribution in [0.3, 0.4) is 0 Å². The van der Waals surface area contributed by atoms with Crippen LogP contribution in [0.5, 0.6) is 5.88 Å². The van der Waals surface area contributed by atoms with E-state index in [0.29, 0.717) is 18.2 Å². The fourth-order valence-corrected chi connectivity index (χ4v) is 1.89. The molecule has 0 radical (unpaired) electrons. The highest BCUT2D eigenvalue weighted by Gasteiger charge is 2.16. The van der Waals surface area contributed by atoms with Crippen LogP contribution in [0.15, 0.2) is 12.1 Å². The van der Waals surface area contributed by atoms with Gasteiger partial charge in [-0.3, -0.25) is 0 Å². The summed E-state index contributed by atoms with van der Waals surface area (Å²) >= 11 is 0. The summed E-state index contributed by atoms with van der Waals surface area (Å²) in [6, 6.07) is 3.11. The number of methoxy groups -OCH3 is 1. The van der Waals surface area contributed by atoms with Gasteiger partial charge in [-0.15, -0.1) is 0 Å². The second-order valence-electron chi connectivity index (χ2n) is 4.45. The molecule has 104 valence electrons. The number of aromatic nitrogens is 1. The van der Waals surface area contributed by atoms with Crippen LogP contribution in [0.4, 0.5) is 5.69 Å². The molecule has 1 aliphatic heterocycles. The van der Waals surface area contributed by atoms with E-state index in [1.165, 1.54) is 13.2 Å². The van der Waals surface area contributed by atoms with Gasteiger partial charge >= 0.3 is 5.97 Å². The van der Waals surface area contributed by atoms with E-state index in [2.05, 4.69) is 9.72 Å². The van der Waals surface area contributed by atoms with Crippen molar-refractivity contribution >= 4 is 11.7 Å². The van der Waals surface area contributed by atoms with Crippen LogP contribution in [-0.4, -0.2) is 37.9 Å². The van der Waals surface area contributed by atoms with Gasteiger partial charge in [0.15, 0.2) is 5.69 Å². The molecular weight excluding hydrogens is 248 g/mol. The molecule has 6 heteroatoms. The van der Waals surface area contributed by atoms with E-state index in [9.17, 15) is 4.79 Å². The highest BCUT2D eigenvalue weighted by molar-refractivity contribution is 5.87. The van der Waals surface area contributed by atoms with Crippen molar-refractivity contribution in [3.63, 3.8) is 0 Å². The highest BCUT2D eigenvalue weighted by atomic mass is 16.5. The minimum Gasteiger partial charge on any atom is -0.476 e. The highest BCUT2D eigenvalue weighted by Crippen LogP contribution is 2.22. The van der Waals surface area contributed by atoms with Gasteiger partial charge < -0.3 is 19.9 Å². The summed E-state index contributed by atoms with van der Waals surface area (Å²) < 4.78 is 15.5. The molecule has 0 amide bonds. The molecule has 2 heterocycles. The lowest BCUT2D eigenvalue weighted by molar-refractivity contribution is 0.0489. The van der Waals surface area contributed by atoms with Crippen LogP contribution in [0.2, 0.25) is 0 Å². The maximum absolute atomic E-state index is 11.4. The standard InChI is InChI=1S/C13H18N2O4/c1-17-13(16)11-3-2-10(14)12(15-11)19-8-9-4-6-18-7-5-9/h2-3,9H,4-8,14H2,1H3. The quantitative estimate of drug-likeness (QED) is 0.826. The molecule has 2 rings (SSSR count). The number of ether oxygens (including phenoxy) is 3. The second-order valence-corrected chi connectivity index (χ2v) is 4.45. The molecule has 0 saturated carbocycles. The van der Waals surface area contributed by atoms with Crippen LogP contribution >= 0.6 is 0 Å². The van der Waals surface area contributed by atoms with Gasteiger partial charge in [-0.25, -0.2) is 9.78 Å². The van der Waals surface area contributed by atoms with Crippen LogP contribution < -0.4 is 10.5 Å². The summed E-state index contributed by atoms with van der Waals surface area (Å²) in [5.41, 5.74) is 6.39. The van der Waals surface area contributed by atoms with Gasteiger partial charge in [0.2, 0.25) is 5.88 Å². The van der Waals surface area contributed by atoms with E-state index in [4.69, 9.17) is 15.2 Å². The first kappa shape index (κ1) is 13.6.